The number of carbonyl (C=O) groups is 1. The summed E-state index contributed by atoms with van der Waals surface area (Å²) in [5.74, 6) is 0.201. The van der Waals surface area contributed by atoms with E-state index in [0.29, 0.717) is 6.54 Å². The Balaban J connectivity index is 2.16. The Morgan fingerprint density at radius 1 is 1.47 bits per heavy atom. The van der Waals surface area contributed by atoms with Crippen LogP contribution in [0, 0.1) is 12.8 Å². The average Bonchev–Trinajstić information content (AvgIpc) is 2.74. The van der Waals surface area contributed by atoms with Gasteiger partial charge in [0.05, 0.1) is 10.7 Å². The molecule has 2 unspecified atom stereocenters. The summed E-state index contributed by atoms with van der Waals surface area (Å²) in [6, 6.07) is 0.225. The second-order valence-corrected chi connectivity index (χ2v) is 6.27. The Kier molecular flexibility index (Phi) is 7.02. The lowest BCUT2D eigenvalue weighted by atomic mass is 10.0. The van der Waals surface area contributed by atoms with Crippen LogP contribution in [0.25, 0.3) is 0 Å². The maximum absolute atomic E-state index is 11.9. The van der Waals surface area contributed by atoms with Gasteiger partial charge >= 0.3 is 0 Å². The van der Waals surface area contributed by atoms with Crippen LogP contribution in [0.5, 0.6) is 0 Å². The Bertz CT molecular complexity index is 390. The SMILES string of the molecule is Cc1nc(CCNC(=O)C(C)CCCC(C)N)cs1. The highest BCUT2D eigenvalue weighted by Crippen LogP contribution is 2.10. The molecule has 1 heterocycles. The van der Waals surface area contributed by atoms with Gasteiger partial charge in [-0.3, -0.25) is 4.79 Å². The van der Waals surface area contributed by atoms with E-state index in [1.165, 1.54) is 0 Å². The van der Waals surface area contributed by atoms with Gasteiger partial charge in [0.2, 0.25) is 5.91 Å². The quantitative estimate of drug-likeness (QED) is 0.769. The molecule has 5 heteroatoms. The van der Waals surface area contributed by atoms with Crippen LogP contribution >= 0.6 is 11.3 Å². The highest BCUT2D eigenvalue weighted by atomic mass is 32.1. The topological polar surface area (TPSA) is 68.0 Å². The van der Waals surface area contributed by atoms with Crippen LogP contribution < -0.4 is 11.1 Å². The van der Waals surface area contributed by atoms with Gasteiger partial charge in [-0.1, -0.05) is 13.3 Å². The predicted molar refractivity (Wildman–Crippen MR) is 80.2 cm³/mol. The molecule has 0 spiro atoms. The fourth-order valence-corrected chi connectivity index (χ4v) is 2.54. The molecule has 0 aliphatic carbocycles. The second-order valence-electron chi connectivity index (χ2n) is 5.21. The molecule has 0 aliphatic rings. The van der Waals surface area contributed by atoms with Crippen molar-refractivity contribution in [2.45, 2.75) is 52.5 Å². The van der Waals surface area contributed by atoms with Crippen molar-refractivity contribution in [1.29, 1.82) is 0 Å². The summed E-state index contributed by atoms with van der Waals surface area (Å²) in [5, 5.41) is 6.10. The monoisotopic (exact) mass is 283 g/mol. The van der Waals surface area contributed by atoms with Crippen molar-refractivity contribution in [3.63, 3.8) is 0 Å². The van der Waals surface area contributed by atoms with E-state index in [2.05, 4.69) is 10.3 Å². The van der Waals surface area contributed by atoms with Crippen molar-refractivity contribution < 1.29 is 4.79 Å². The predicted octanol–water partition coefficient (Wildman–Crippen LogP) is 2.26. The summed E-state index contributed by atoms with van der Waals surface area (Å²) in [5.41, 5.74) is 6.76. The van der Waals surface area contributed by atoms with Crippen molar-refractivity contribution in [2.75, 3.05) is 6.54 Å². The van der Waals surface area contributed by atoms with E-state index in [1.807, 2.05) is 26.2 Å². The molecule has 1 amide bonds. The number of nitrogens with two attached hydrogens (primary N) is 1. The normalized spacial score (nSPS) is 14.1. The van der Waals surface area contributed by atoms with Gasteiger partial charge in [-0.05, 0) is 26.7 Å². The molecule has 1 rings (SSSR count). The van der Waals surface area contributed by atoms with Crippen molar-refractivity contribution in [3.8, 4) is 0 Å². The van der Waals surface area contributed by atoms with E-state index in [-0.39, 0.29) is 17.9 Å². The lowest BCUT2D eigenvalue weighted by Crippen LogP contribution is -2.31. The minimum absolute atomic E-state index is 0.0657. The van der Waals surface area contributed by atoms with Crippen LogP contribution in [0.3, 0.4) is 0 Å². The van der Waals surface area contributed by atoms with E-state index in [1.54, 1.807) is 11.3 Å². The van der Waals surface area contributed by atoms with Crippen LogP contribution in [-0.2, 0) is 11.2 Å². The van der Waals surface area contributed by atoms with Crippen molar-refractivity contribution in [2.24, 2.45) is 11.7 Å². The van der Waals surface area contributed by atoms with E-state index < -0.39 is 0 Å². The fourth-order valence-electron chi connectivity index (χ4n) is 1.89. The van der Waals surface area contributed by atoms with E-state index >= 15 is 0 Å². The molecule has 0 saturated heterocycles. The number of aryl methyl sites for hydroxylation is 1. The van der Waals surface area contributed by atoms with Gasteiger partial charge in [-0.25, -0.2) is 4.98 Å². The molecule has 1 aromatic rings. The standard InChI is InChI=1S/C14H25N3OS/c1-10(5-4-6-11(2)15)14(18)16-8-7-13-9-19-12(3)17-13/h9-11H,4-8,15H2,1-3H3,(H,16,18). The van der Waals surface area contributed by atoms with Gasteiger partial charge in [-0.15, -0.1) is 11.3 Å². The van der Waals surface area contributed by atoms with Gasteiger partial charge in [0.15, 0.2) is 0 Å². The summed E-state index contributed by atoms with van der Waals surface area (Å²) in [4.78, 5) is 16.2. The average molecular weight is 283 g/mol. The van der Waals surface area contributed by atoms with Crippen molar-refractivity contribution in [3.05, 3.63) is 16.1 Å². The van der Waals surface area contributed by atoms with Gasteiger partial charge in [0.1, 0.15) is 0 Å². The smallest absolute Gasteiger partial charge is 0.222 e. The largest absolute Gasteiger partial charge is 0.355 e. The van der Waals surface area contributed by atoms with Crippen LogP contribution in [0.15, 0.2) is 5.38 Å². The third kappa shape index (κ3) is 6.68. The van der Waals surface area contributed by atoms with Crippen LogP contribution in [-0.4, -0.2) is 23.5 Å². The van der Waals surface area contributed by atoms with Gasteiger partial charge in [0.25, 0.3) is 0 Å². The first kappa shape index (κ1) is 16.1. The zero-order chi connectivity index (χ0) is 14.3. The highest BCUT2D eigenvalue weighted by molar-refractivity contribution is 7.09. The van der Waals surface area contributed by atoms with Crippen molar-refractivity contribution in [1.82, 2.24) is 10.3 Å². The van der Waals surface area contributed by atoms with Gasteiger partial charge in [-0.2, -0.15) is 0 Å². The number of thiazole rings is 1. The molecule has 0 radical (unpaired) electrons. The second kappa shape index (κ2) is 8.27. The first-order chi connectivity index (χ1) is 8.99. The highest BCUT2D eigenvalue weighted by Gasteiger charge is 2.12. The number of hydrogen-bond acceptors (Lipinski definition) is 4. The minimum Gasteiger partial charge on any atom is -0.355 e. The maximum Gasteiger partial charge on any atom is 0.222 e. The Labute approximate surface area is 119 Å². The summed E-state index contributed by atoms with van der Waals surface area (Å²) < 4.78 is 0. The third-order valence-electron chi connectivity index (χ3n) is 3.09. The Morgan fingerprint density at radius 3 is 2.79 bits per heavy atom. The number of rotatable bonds is 8. The van der Waals surface area contributed by atoms with Crippen LogP contribution in [0.2, 0.25) is 0 Å². The molecule has 1 aromatic heterocycles. The molecule has 4 nitrogen and oxygen atoms in total. The number of hydrogen-bond donors (Lipinski definition) is 2. The van der Waals surface area contributed by atoms with Crippen LogP contribution in [0.4, 0.5) is 0 Å². The minimum atomic E-state index is 0.0657. The zero-order valence-electron chi connectivity index (χ0n) is 12.1. The summed E-state index contributed by atoms with van der Waals surface area (Å²) in [6.07, 6.45) is 3.71. The zero-order valence-corrected chi connectivity index (χ0v) is 12.9. The summed E-state index contributed by atoms with van der Waals surface area (Å²) >= 11 is 1.65. The molecule has 108 valence electrons. The lowest BCUT2D eigenvalue weighted by Gasteiger charge is -2.12. The Hall–Kier alpha value is -0.940. The number of aromatic nitrogens is 1. The fraction of sp³-hybridized carbons (Fsp3) is 0.714. The molecular weight excluding hydrogens is 258 g/mol. The van der Waals surface area contributed by atoms with E-state index in [0.717, 1.165) is 36.4 Å². The molecule has 2 atom stereocenters. The number of nitrogens with one attached hydrogen (secondary N) is 1. The summed E-state index contributed by atoms with van der Waals surface area (Å²) in [7, 11) is 0. The van der Waals surface area contributed by atoms with Crippen molar-refractivity contribution >= 4 is 17.2 Å². The lowest BCUT2D eigenvalue weighted by molar-refractivity contribution is -0.124. The maximum atomic E-state index is 11.9. The molecule has 3 N–H and O–H groups in total. The number of carbonyl (C=O) groups excluding carboxylic acids is 1. The first-order valence-corrected chi connectivity index (χ1v) is 7.81. The molecule has 0 bridgehead atoms. The molecular formula is C14H25N3OS. The summed E-state index contributed by atoms with van der Waals surface area (Å²) in [6.45, 7) is 6.64. The van der Waals surface area contributed by atoms with E-state index in [9.17, 15) is 4.79 Å². The van der Waals surface area contributed by atoms with Gasteiger partial charge < -0.3 is 11.1 Å². The number of amides is 1. The molecule has 0 aromatic carbocycles. The number of nitrogens with zero attached hydrogens (tertiary/aromatic N) is 1. The molecule has 0 saturated carbocycles. The Morgan fingerprint density at radius 2 is 2.21 bits per heavy atom. The first-order valence-electron chi connectivity index (χ1n) is 6.93. The molecule has 0 aliphatic heterocycles. The van der Waals surface area contributed by atoms with Gasteiger partial charge in [0, 0.05) is 30.3 Å². The molecule has 19 heavy (non-hydrogen) atoms. The van der Waals surface area contributed by atoms with E-state index in [4.69, 9.17) is 5.73 Å². The van der Waals surface area contributed by atoms with Crippen LogP contribution in [0.1, 0.15) is 43.8 Å². The molecule has 0 fully saturated rings. The third-order valence-corrected chi connectivity index (χ3v) is 3.91.